The number of carboxylic acids is 1. The van der Waals surface area contributed by atoms with Crippen molar-refractivity contribution in [2.75, 3.05) is 11.4 Å². The van der Waals surface area contributed by atoms with Crippen molar-refractivity contribution in [2.24, 2.45) is 0 Å². The Morgan fingerprint density at radius 1 is 1.25 bits per heavy atom. The summed E-state index contributed by atoms with van der Waals surface area (Å²) < 4.78 is 1.52. The number of carbonyl (C=O) groups is 2. The molecule has 0 aliphatic carbocycles. The van der Waals surface area contributed by atoms with Gasteiger partial charge in [0.15, 0.2) is 0 Å². The van der Waals surface area contributed by atoms with Crippen molar-refractivity contribution in [1.29, 1.82) is 0 Å². The van der Waals surface area contributed by atoms with Crippen LogP contribution in [0.3, 0.4) is 0 Å². The van der Waals surface area contributed by atoms with Gasteiger partial charge in [-0.2, -0.15) is 0 Å². The molecule has 0 saturated carbocycles. The Morgan fingerprint density at radius 3 is 2.60 bits per heavy atom. The molecule has 20 heavy (non-hydrogen) atoms. The van der Waals surface area contributed by atoms with Gasteiger partial charge in [0, 0.05) is 19.9 Å². The number of benzene rings is 2. The molecule has 3 rings (SSSR count). The zero-order valence-corrected chi connectivity index (χ0v) is 16.7. The SMILES string of the molecule is O=C([O-])CN1C(=O)c2cccc3c(Br)cc(Br)c1c23.[K+]. The van der Waals surface area contributed by atoms with Crippen molar-refractivity contribution < 1.29 is 66.1 Å². The molecule has 0 saturated heterocycles. The fourth-order valence-electron chi connectivity index (χ4n) is 2.35. The third-order valence-corrected chi connectivity index (χ3v) is 4.33. The fourth-order valence-corrected chi connectivity index (χ4v) is 3.86. The average molecular weight is 423 g/mol. The normalized spacial score (nSPS) is 12.7. The number of halogens is 2. The van der Waals surface area contributed by atoms with Gasteiger partial charge in [0.05, 0.1) is 18.2 Å². The van der Waals surface area contributed by atoms with Crippen molar-refractivity contribution in [1.82, 2.24) is 0 Å². The largest absolute Gasteiger partial charge is 1.00 e. The molecule has 1 heterocycles. The number of hydrogen-bond acceptors (Lipinski definition) is 3. The van der Waals surface area contributed by atoms with E-state index in [2.05, 4.69) is 31.9 Å². The number of anilines is 1. The first-order chi connectivity index (χ1) is 9.00. The van der Waals surface area contributed by atoms with Crippen molar-refractivity contribution in [2.45, 2.75) is 0 Å². The number of nitrogens with zero attached hydrogens (tertiary/aromatic N) is 1. The molecule has 7 heteroatoms. The number of hydrogen-bond donors (Lipinski definition) is 0. The summed E-state index contributed by atoms with van der Waals surface area (Å²) in [6.07, 6.45) is 0. The molecule has 0 spiro atoms. The first kappa shape index (κ1) is 16.6. The van der Waals surface area contributed by atoms with Gasteiger partial charge >= 0.3 is 51.4 Å². The Morgan fingerprint density at radius 2 is 1.95 bits per heavy atom. The molecule has 0 unspecified atom stereocenters. The fraction of sp³-hybridized carbons (Fsp3) is 0.0769. The first-order valence-electron chi connectivity index (χ1n) is 5.43. The molecule has 0 aromatic heterocycles. The van der Waals surface area contributed by atoms with Crippen LogP contribution >= 0.6 is 31.9 Å². The second-order valence-corrected chi connectivity index (χ2v) is 5.89. The number of aliphatic carboxylic acids is 1. The van der Waals surface area contributed by atoms with Gasteiger partial charge in [0.25, 0.3) is 5.91 Å². The maximum Gasteiger partial charge on any atom is 1.00 e. The van der Waals surface area contributed by atoms with Crippen molar-refractivity contribution in [3.05, 3.63) is 38.8 Å². The third-order valence-electron chi connectivity index (χ3n) is 3.07. The van der Waals surface area contributed by atoms with E-state index in [0.717, 1.165) is 15.2 Å². The molecule has 0 atom stereocenters. The Bertz CT molecular complexity index is 748. The summed E-state index contributed by atoms with van der Waals surface area (Å²) in [5.41, 5.74) is 1.10. The third kappa shape index (κ3) is 2.53. The van der Waals surface area contributed by atoms with E-state index in [1.54, 1.807) is 12.1 Å². The van der Waals surface area contributed by atoms with E-state index in [9.17, 15) is 14.7 Å². The quantitative estimate of drug-likeness (QED) is 0.588. The topological polar surface area (TPSA) is 60.4 Å². The Kier molecular flexibility index (Phi) is 5.11. The van der Waals surface area contributed by atoms with Crippen LogP contribution in [0.5, 0.6) is 0 Å². The van der Waals surface area contributed by atoms with Gasteiger partial charge in [-0.15, -0.1) is 0 Å². The van der Waals surface area contributed by atoms with E-state index in [1.165, 1.54) is 4.90 Å². The summed E-state index contributed by atoms with van der Waals surface area (Å²) in [5.74, 6) is -1.60. The van der Waals surface area contributed by atoms with Crippen LogP contribution in [0.15, 0.2) is 33.2 Å². The molecule has 0 fully saturated rings. The number of rotatable bonds is 2. The maximum absolute atomic E-state index is 12.3. The maximum atomic E-state index is 12.3. The molecule has 2 aromatic rings. The number of amides is 1. The summed E-state index contributed by atoms with van der Waals surface area (Å²) in [6.45, 7) is -0.456. The van der Waals surface area contributed by atoms with Gasteiger partial charge in [-0.3, -0.25) is 4.79 Å². The van der Waals surface area contributed by atoms with Gasteiger partial charge in [0.1, 0.15) is 0 Å². The Balaban J connectivity index is 0.00000147. The molecule has 0 radical (unpaired) electrons. The summed E-state index contributed by atoms with van der Waals surface area (Å²) in [4.78, 5) is 24.3. The molecule has 4 nitrogen and oxygen atoms in total. The van der Waals surface area contributed by atoms with Crippen LogP contribution in [-0.4, -0.2) is 18.4 Å². The minimum Gasteiger partial charge on any atom is -0.548 e. The van der Waals surface area contributed by atoms with E-state index in [4.69, 9.17) is 0 Å². The van der Waals surface area contributed by atoms with Gasteiger partial charge in [0.2, 0.25) is 0 Å². The summed E-state index contributed by atoms with van der Waals surface area (Å²) in [7, 11) is 0. The van der Waals surface area contributed by atoms with Crippen LogP contribution in [0.2, 0.25) is 0 Å². The molecule has 96 valence electrons. The monoisotopic (exact) mass is 421 g/mol. The van der Waals surface area contributed by atoms with Crippen molar-refractivity contribution in [3.63, 3.8) is 0 Å². The molecular formula is C13H6Br2KNO3. The predicted molar refractivity (Wildman–Crippen MR) is 76.0 cm³/mol. The molecule has 1 amide bonds. The first-order valence-corrected chi connectivity index (χ1v) is 7.01. The van der Waals surface area contributed by atoms with E-state index in [-0.39, 0.29) is 57.3 Å². The standard InChI is InChI=1S/C13H7Br2NO3.K/c14-8-4-9(15)12-11-6(8)2-1-3-7(11)13(19)16(12)5-10(17)18;/h1-4H,5H2,(H,17,18);/q;+1/p-1. The Labute approximate surface area is 174 Å². The van der Waals surface area contributed by atoms with Crippen LogP contribution in [0, 0.1) is 0 Å². The van der Waals surface area contributed by atoms with E-state index in [0.29, 0.717) is 15.7 Å². The molecule has 0 N–H and O–H groups in total. The average Bonchev–Trinajstić information content (AvgIpc) is 2.61. The van der Waals surface area contributed by atoms with Crippen LogP contribution in [0.4, 0.5) is 5.69 Å². The van der Waals surface area contributed by atoms with Crippen LogP contribution in [0.25, 0.3) is 10.8 Å². The van der Waals surface area contributed by atoms with Gasteiger partial charge in [-0.05, 0) is 33.4 Å². The smallest absolute Gasteiger partial charge is 0.548 e. The van der Waals surface area contributed by atoms with Crippen molar-refractivity contribution in [3.8, 4) is 0 Å². The number of carboxylic acid groups (broad SMARTS) is 1. The molecular weight excluding hydrogens is 417 g/mol. The summed E-state index contributed by atoms with van der Waals surface area (Å²) in [6, 6.07) is 7.17. The van der Waals surface area contributed by atoms with Gasteiger partial charge < -0.3 is 14.8 Å². The van der Waals surface area contributed by atoms with Gasteiger partial charge in [-0.25, -0.2) is 0 Å². The van der Waals surface area contributed by atoms with E-state index in [1.807, 2.05) is 12.1 Å². The summed E-state index contributed by atoms with van der Waals surface area (Å²) >= 11 is 6.83. The Hall–Kier alpha value is 0.236. The predicted octanol–water partition coefficient (Wildman–Crippen LogP) is -0.921. The summed E-state index contributed by atoms with van der Waals surface area (Å²) in [5, 5.41) is 12.5. The zero-order chi connectivity index (χ0) is 13.7. The van der Waals surface area contributed by atoms with Crippen LogP contribution in [-0.2, 0) is 4.79 Å². The van der Waals surface area contributed by atoms with E-state index >= 15 is 0 Å². The molecule has 2 aromatic carbocycles. The second-order valence-electron chi connectivity index (χ2n) is 4.18. The molecule has 0 bridgehead atoms. The minimum absolute atomic E-state index is 0. The van der Waals surface area contributed by atoms with Crippen molar-refractivity contribution >= 4 is 60.2 Å². The molecule has 1 aliphatic heterocycles. The van der Waals surface area contributed by atoms with Crippen LogP contribution < -0.4 is 61.4 Å². The van der Waals surface area contributed by atoms with Gasteiger partial charge in [-0.1, -0.05) is 28.1 Å². The zero-order valence-electron chi connectivity index (χ0n) is 10.4. The number of carbonyl (C=O) groups excluding carboxylic acids is 2. The second kappa shape index (κ2) is 6.16. The van der Waals surface area contributed by atoms with Crippen LogP contribution in [0.1, 0.15) is 10.4 Å². The van der Waals surface area contributed by atoms with E-state index < -0.39 is 12.5 Å². The molecule has 1 aliphatic rings. The minimum atomic E-state index is -1.29.